The Bertz CT molecular complexity index is 1410. The zero-order valence-corrected chi connectivity index (χ0v) is 22.8. The van der Waals surface area contributed by atoms with Crippen molar-refractivity contribution in [1.82, 2.24) is 5.32 Å². The van der Waals surface area contributed by atoms with Gasteiger partial charge in [-0.15, -0.1) is 11.3 Å². The minimum Gasteiger partial charge on any atom is -0.494 e. The van der Waals surface area contributed by atoms with Gasteiger partial charge in [0.05, 0.1) is 13.2 Å². The number of aryl methyl sites for hydroxylation is 1. The summed E-state index contributed by atoms with van der Waals surface area (Å²) in [4.78, 5) is 26.5. The summed E-state index contributed by atoms with van der Waals surface area (Å²) in [6, 6.07) is 21.8. The van der Waals surface area contributed by atoms with E-state index in [0.29, 0.717) is 31.7 Å². The molecule has 0 unspecified atom stereocenters. The highest BCUT2D eigenvalue weighted by Gasteiger charge is 2.18. The first-order chi connectivity index (χ1) is 18.4. The maximum atomic E-state index is 13.0. The number of nitrogens with one attached hydrogen (secondary N) is 1. The molecule has 4 aromatic rings. The van der Waals surface area contributed by atoms with Crippen LogP contribution in [0.25, 0.3) is 21.2 Å². The van der Waals surface area contributed by atoms with Crippen LogP contribution in [0.4, 0.5) is 0 Å². The van der Waals surface area contributed by atoms with E-state index in [0.717, 1.165) is 49.4 Å². The van der Waals surface area contributed by atoms with Crippen LogP contribution < -0.4 is 10.1 Å². The predicted molar refractivity (Wildman–Crippen MR) is 152 cm³/mol. The number of amides is 1. The summed E-state index contributed by atoms with van der Waals surface area (Å²) >= 11 is 1.62. The van der Waals surface area contributed by atoms with Crippen LogP contribution >= 0.6 is 11.3 Å². The summed E-state index contributed by atoms with van der Waals surface area (Å²) in [5, 5.41) is 14.5. The fraction of sp³-hybridized carbons (Fsp3) is 0.290. The second kappa shape index (κ2) is 12.7. The number of thiophene rings is 1. The van der Waals surface area contributed by atoms with E-state index < -0.39 is 12.1 Å². The second-order valence-corrected chi connectivity index (χ2v) is 10.3. The predicted octanol–water partition coefficient (Wildman–Crippen LogP) is 6.63. The standard InChI is InChI=1S/C31H33NO5S/c1-4-16-37-24-11-14-26-20(3)27(13-10-23(26)18-24)30(33)32-19-25-12-15-29(38-25)22-8-6-21(7-9-22)17-28(31(34)35)36-5-2/h6-15,18,28H,4-5,16-17,19H2,1-3H3,(H,32,33)(H,34,35)/t28-/m0/s1. The molecule has 0 aliphatic heterocycles. The third-order valence-electron chi connectivity index (χ3n) is 6.37. The van der Waals surface area contributed by atoms with Gasteiger partial charge in [0.25, 0.3) is 5.91 Å². The van der Waals surface area contributed by atoms with E-state index in [1.54, 1.807) is 18.3 Å². The summed E-state index contributed by atoms with van der Waals surface area (Å²) in [6.45, 7) is 7.33. The van der Waals surface area contributed by atoms with Gasteiger partial charge in [-0.1, -0.05) is 43.3 Å². The van der Waals surface area contributed by atoms with E-state index in [4.69, 9.17) is 9.47 Å². The van der Waals surface area contributed by atoms with Crippen LogP contribution in [0.5, 0.6) is 5.75 Å². The van der Waals surface area contributed by atoms with Crippen LogP contribution in [-0.2, 0) is 22.5 Å². The second-order valence-electron chi connectivity index (χ2n) is 9.10. The average Bonchev–Trinajstić information content (AvgIpc) is 3.40. The Labute approximate surface area is 227 Å². The summed E-state index contributed by atoms with van der Waals surface area (Å²) in [5.74, 6) is -0.211. The Morgan fingerprint density at radius 2 is 1.79 bits per heavy atom. The van der Waals surface area contributed by atoms with Gasteiger partial charge in [0.2, 0.25) is 0 Å². The molecule has 1 amide bonds. The van der Waals surface area contributed by atoms with Gasteiger partial charge in [0.15, 0.2) is 6.10 Å². The summed E-state index contributed by atoms with van der Waals surface area (Å²) < 4.78 is 11.0. The topological polar surface area (TPSA) is 84.9 Å². The number of carbonyl (C=O) groups is 2. The lowest BCUT2D eigenvalue weighted by Gasteiger charge is -2.12. The first-order valence-corrected chi connectivity index (χ1v) is 13.7. The quantitative estimate of drug-likeness (QED) is 0.214. The zero-order chi connectivity index (χ0) is 27.1. The molecule has 1 aromatic heterocycles. The average molecular weight is 532 g/mol. The molecule has 0 radical (unpaired) electrons. The summed E-state index contributed by atoms with van der Waals surface area (Å²) in [7, 11) is 0. The highest BCUT2D eigenvalue weighted by atomic mass is 32.1. The first-order valence-electron chi connectivity index (χ1n) is 12.9. The van der Waals surface area contributed by atoms with E-state index in [1.807, 2.05) is 73.7 Å². The number of carboxylic acids is 1. The van der Waals surface area contributed by atoms with Crippen LogP contribution in [0.1, 0.15) is 46.6 Å². The molecule has 6 nitrogen and oxygen atoms in total. The van der Waals surface area contributed by atoms with Gasteiger partial charge in [0.1, 0.15) is 5.75 Å². The van der Waals surface area contributed by atoms with Crippen LogP contribution in [-0.4, -0.2) is 36.3 Å². The number of aliphatic carboxylic acids is 1. The van der Waals surface area contributed by atoms with Gasteiger partial charge >= 0.3 is 5.97 Å². The SMILES string of the molecule is CCCOc1ccc2c(C)c(C(=O)NCc3ccc(-c4ccc(C[C@H](OCC)C(=O)O)cc4)s3)ccc2c1. The van der Waals surface area contributed by atoms with Gasteiger partial charge in [-0.2, -0.15) is 0 Å². The number of carboxylic acid groups (broad SMARTS) is 1. The van der Waals surface area contributed by atoms with Crippen molar-refractivity contribution < 1.29 is 24.2 Å². The molecule has 1 atom stereocenters. The third-order valence-corrected chi connectivity index (χ3v) is 7.50. The van der Waals surface area contributed by atoms with Crippen molar-refractivity contribution in [3.8, 4) is 16.2 Å². The normalized spacial score (nSPS) is 11.9. The van der Waals surface area contributed by atoms with Crippen molar-refractivity contribution in [1.29, 1.82) is 0 Å². The van der Waals surface area contributed by atoms with Gasteiger partial charge in [0, 0.05) is 28.3 Å². The summed E-state index contributed by atoms with van der Waals surface area (Å²) in [6.07, 6.45) is 0.442. The number of hydrogen-bond acceptors (Lipinski definition) is 5. The Balaban J connectivity index is 1.38. The van der Waals surface area contributed by atoms with E-state index in [-0.39, 0.29) is 5.91 Å². The fourth-order valence-corrected chi connectivity index (χ4v) is 5.30. The monoisotopic (exact) mass is 531 g/mol. The molecule has 3 aromatic carbocycles. The molecule has 198 valence electrons. The number of hydrogen-bond donors (Lipinski definition) is 2. The van der Waals surface area contributed by atoms with Crippen LogP contribution in [0.3, 0.4) is 0 Å². The molecule has 0 saturated heterocycles. The van der Waals surface area contributed by atoms with Crippen molar-refractivity contribution in [2.24, 2.45) is 0 Å². The van der Waals surface area contributed by atoms with Crippen LogP contribution in [0.15, 0.2) is 66.7 Å². The van der Waals surface area contributed by atoms with Gasteiger partial charge in [-0.05, 0) is 78.1 Å². The van der Waals surface area contributed by atoms with Gasteiger partial charge in [-0.25, -0.2) is 4.79 Å². The molecule has 0 fully saturated rings. The lowest BCUT2D eigenvalue weighted by Crippen LogP contribution is -2.26. The molecule has 0 spiro atoms. The smallest absolute Gasteiger partial charge is 0.333 e. The van der Waals surface area contributed by atoms with Crippen LogP contribution in [0.2, 0.25) is 0 Å². The van der Waals surface area contributed by atoms with E-state index in [2.05, 4.69) is 12.2 Å². The number of rotatable bonds is 12. The van der Waals surface area contributed by atoms with Gasteiger partial charge in [-0.3, -0.25) is 4.79 Å². The van der Waals surface area contributed by atoms with Crippen molar-refractivity contribution >= 4 is 34.0 Å². The molecule has 0 saturated carbocycles. The summed E-state index contributed by atoms with van der Waals surface area (Å²) in [5.41, 5.74) is 3.57. The molecule has 7 heteroatoms. The maximum Gasteiger partial charge on any atom is 0.333 e. The molecular weight excluding hydrogens is 498 g/mol. The molecule has 0 bridgehead atoms. The zero-order valence-electron chi connectivity index (χ0n) is 22.0. The van der Waals surface area contributed by atoms with Gasteiger partial charge < -0.3 is 19.9 Å². The molecule has 0 aliphatic rings. The van der Waals surface area contributed by atoms with Crippen molar-refractivity contribution in [2.45, 2.75) is 46.3 Å². The molecule has 0 aliphatic carbocycles. The minimum absolute atomic E-state index is 0.0997. The van der Waals surface area contributed by atoms with Crippen molar-refractivity contribution in [3.05, 3.63) is 88.3 Å². The first kappa shape index (κ1) is 27.4. The van der Waals surface area contributed by atoms with E-state index >= 15 is 0 Å². The lowest BCUT2D eigenvalue weighted by molar-refractivity contribution is -0.149. The van der Waals surface area contributed by atoms with E-state index in [1.165, 1.54) is 0 Å². The van der Waals surface area contributed by atoms with E-state index in [9.17, 15) is 14.7 Å². The van der Waals surface area contributed by atoms with Crippen molar-refractivity contribution in [3.63, 3.8) is 0 Å². The Kier molecular flexibility index (Phi) is 9.15. The molecule has 38 heavy (non-hydrogen) atoms. The Morgan fingerprint density at radius 3 is 2.50 bits per heavy atom. The largest absolute Gasteiger partial charge is 0.494 e. The third kappa shape index (κ3) is 6.60. The van der Waals surface area contributed by atoms with Crippen LogP contribution in [0, 0.1) is 6.92 Å². The minimum atomic E-state index is -0.953. The lowest BCUT2D eigenvalue weighted by atomic mass is 9.99. The fourth-order valence-electron chi connectivity index (χ4n) is 4.35. The number of ether oxygens (including phenoxy) is 2. The van der Waals surface area contributed by atoms with Crippen molar-refractivity contribution in [2.75, 3.05) is 13.2 Å². The molecular formula is C31H33NO5S. The molecule has 1 heterocycles. The maximum absolute atomic E-state index is 13.0. The Morgan fingerprint density at radius 1 is 1.00 bits per heavy atom. The molecule has 4 rings (SSSR count). The Hall–Kier alpha value is -3.68. The number of fused-ring (bicyclic) bond motifs is 1. The number of benzene rings is 3. The number of carbonyl (C=O) groups excluding carboxylic acids is 1. The highest BCUT2D eigenvalue weighted by Crippen LogP contribution is 2.29. The highest BCUT2D eigenvalue weighted by molar-refractivity contribution is 7.15. The molecule has 2 N–H and O–H groups in total.